The van der Waals surface area contributed by atoms with E-state index in [1.807, 2.05) is 0 Å². The van der Waals surface area contributed by atoms with Crippen molar-refractivity contribution in [3.05, 3.63) is 18.0 Å². The topological polar surface area (TPSA) is 118 Å². The lowest BCUT2D eigenvalue weighted by molar-refractivity contribution is -0.136. The molecule has 3 N–H and O–H groups in total. The number of rotatable bonds is 7. The molecule has 0 unspecified atom stereocenters. The van der Waals surface area contributed by atoms with Crippen LogP contribution in [0.5, 0.6) is 11.5 Å². The molecule has 23 heavy (non-hydrogen) atoms. The van der Waals surface area contributed by atoms with Crippen molar-refractivity contribution in [1.29, 1.82) is 0 Å². The van der Waals surface area contributed by atoms with Gasteiger partial charge in [-0.3, -0.25) is 9.78 Å². The lowest BCUT2D eigenvalue weighted by atomic mass is 10.2. The molecule has 0 aliphatic carbocycles. The maximum Gasteiger partial charge on any atom is 0.407 e. The third-order valence-electron chi connectivity index (χ3n) is 2.53. The Morgan fingerprint density at radius 3 is 2.65 bits per heavy atom. The molecule has 0 saturated carbocycles. The Kier molecular flexibility index (Phi) is 6.62. The van der Waals surface area contributed by atoms with Crippen molar-refractivity contribution in [1.82, 2.24) is 10.3 Å². The number of carbonyl (C=O) groups excluding carboxylic acids is 1. The van der Waals surface area contributed by atoms with Gasteiger partial charge in [0.2, 0.25) is 0 Å². The third-order valence-corrected chi connectivity index (χ3v) is 2.53. The molecule has 0 aromatic carbocycles. The summed E-state index contributed by atoms with van der Waals surface area (Å²) in [5.41, 5.74) is -0.0758. The summed E-state index contributed by atoms with van der Waals surface area (Å²) in [5.74, 6) is -0.892. The normalized spacial score (nSPS) is 10.9. The molecule has 0 fully saturated rings. The highest BCUT2D eigenvalue weighted by Gasteiger charge is 2.15. The zero-order chi connectivity index (χ0) is 17.5. The van der Waals surface area contributed by atoms with Crippen LogP contribution in [0, 0.1) is 0 Å². The minimum atomic E-state index is -0.927. The Balaban J connectivity index is 2.43. The fourth-order valence-electron chi connectivity index (χ4n) is 1.59. The number of carbonyl (C=O) groups is 2. The molecule has 1 aromatic rings. The van der Waals surface area contributed by atoms with Gasteiger partial charge >= 0.3 is 12.1 Å². The number of carboxylic acids is 1. The molecule has 0 atom stereocenters. The number of ether oxygens (including phenoxy) is 2. The lowest BCUT2D eigenvalue weighted by Gasteiger charge is -2.19. The smallest absolute Gasteiger partial charge is 0.407 e. The quantitative estimate of drug-likeness (QED) is 0.653. The molecule has 0 aliphatic heterocycles. The maximum atomic E-state index is 11.4. The molecule has 0 spiro atoms. The van der Waals surface area contributed by atoms with Crippen LogP contribution in [0.1, 0.15) is 32.9 Å². The third kappa shape index (κ3) is 7.89. The van der Waals surface area contributed by atoms with Crippen LogP contribution in [-0.2, 0) is 16.0 Å². The van der Waals surface area contributed by atoms with Crippen molar-refractivity contribution in [3.63, 3.8) is 0 Å². The Labute approximate surface area is 134 Å². The van der Waals surface area contributed by atoms with Crippen LogP contribution < -0.4 is 10.1 Å². The first-order chi connectivity index (χ1) is 10.7. The minimum Gasteiger partial charge on any atom is -0.503 e. The predicted octanol–water partition coefficient (Wildman–Crippen LogP) is 1.71. The Bertz CT molecular complexity index is 553. The summed E-state index contributed by atoms with van der Waals surface area (Å²) >= 11 is 0. The van der Waals surface area contributed by atoms with Gasteiger partial charge in [-0.15, -0.1) is 0 Å². The van der Waals surface area contributed by atoms with Crippen LogP contribution >= 0.6 is 0 Å². The van der Waals surface area contributed by atoms with Gasteiger partial charge in [-0.25, -0.2) is 4.79 Å². The largest absolute Gasteiger partial charge is 0.503 e. The first-order valence-corrected chi connectivity index (χ1v) is 7.17. The fourth-order valence-corrected chi connectivity index (χ4v) is 1.59. The predicted molar refractivity (Wildman–Crippen MR) is 81.6 cm³/mol. The number of aromatic nitrogens is 1. The summed E-state index contributed by atoms with van der Waals surface area (Å²) in [6.07, 6.45) is 0.829. The van der Waals surface area contributed by atoms with Crippen molar-refractivity contribution < 1.29 is 29.3 Å². The van der Waals surface area contributed by atoms with E-state index in [0.29, 0.717) is 5.69 Å². The van der Waals surface area contributed by atoms with E-state index < -0.39 is 17.7 Å². The van der Waals surface area contributed by atoms with Crippen LogP contribution in [0.2, 0.25) is 0 Å². The molecule has 0 saturated heterocycles. The molecule has 1 aromatic heterocycles. The van der Waals surface area contributed by atoms with Gasteiger partial charge in [0, 0.05) is 18.2 Å². The monoisotopic (exact) mass is 326 g/mol. The second-order valence-corrected chi connectivity index (χ2v) is 5.81. The van der Waals surface area contributed by atoms with E-state index in [1.54, 1.807) is 20.8 Å². The number of amides is 1. The zero-order valence-electron chi connectivity index (χ0n) is 13.5. The molecule has 1 rings (SSSR count). The number of nitrogens with one attached hydrogen (secondary N) is 1. The van der Waals surface area contributed by atoms with Crippen LogP contribution in [0.4, 0.5) is 4.79 Å². The van der Waals surface area contributed by atoms with Gasteiger partial charge in [0.25, 0.3) is 0 Å². The highest BCUT2D eigenvalue weighted by molar-refractivity contribution is 5.67. The zero-order valence-corrected chi connectivity index (χ0v) is 13.5. The first-order valence-electron chi connectivity index (χ1n) is 7.17. The van der Waals surface area contributed by atoms with Gasteiger partial charge in [-0.1, -0.05) is 0 Å². The van der Waals surface area contributed by atoms with Crippen molar-refractivity contribution in [2.45, 2.75) is 39.2 Å². The van der Waals surface area contributed by atoms with Crippen molar-refractivity contribution >= 4 is 12.1 Å². The summed E-state index contributed by atoms with van der Waals surface area (Å²) in [5, 5.41) is 20.8. The van der Waals surface area contributed by atoms with Crippen molar-refractivity contribution in [2.75, 3.05) is 13.2 Å². The van der Waals surface area contributed by atoms with E-state index in [2.05, 4.69) is 10.3 Å². The summed E-state index contributed by atoms with van der Waals surface area (Å²) < 4.78 is 10.4. The van der Waals surface area contributed by atoms with Crippen LogP contribution in [0.3, 0.4) is 0 Å². The molecule has 1 heterocycles. The molecule has 128 valence electrons. The first kappa shape index (κ1) is 18.5. The molecular weight excluding hydrogens is 304 g/mol. The summed E-state index contributed by atoms with van der Waals surface area (Å²) in [6, 6.07) is 1.48. The van der Waals surface area contributed by atoms with Crippen molar-refractivity contribution in [3.8, 4) is 11.5 Å². The van der Waals surface area contributed by atoms with Crippen molar-refractivity contribution in [2.24, 2.45) is 0 Å². The SMILES string of the molecule is CC(C)(C)OC(=O)NCCOc1cc(CCC(=O)O)ncc1O. The van der Waals surface area contributed by atoms with Gasteiger partial charge in [0.1, 0.15) is 12.2 Å². The van der Waals surface area contributed by atoms with E-state index >= 15 is 0 Å². The highest BCUT2D eigenvalue weighted by Crippen LogP contribution is 2.25. The lowest BCUT2D eigenvalue weighted by Crippen LogP contribution is -2.34. The number of hydrogen-bond acceptors (Lipinski definition) is 6. The van der Waals surface area contributed by atoms with Crippen LogP contribution in [0.25, 0.3) is 0 Å². The fraction of sp³-hybridized carbons (Fsp3) is 0.533. The number of aryl methyl sites for hydroxylation is 1. The summed E-state index contributed by atoms with van der Waals surface area (Å²) in [6.45, 7) is 5.60. The molecule has 0 bridgehead atoms. The summed E-state index contributed by atoms with van der Waals surface area (Å²) in [4.78, 5) is 25.9. The Morgan fingerprint density at radius 1 is 1.35 bits per heavy atom. The van der Waals surface area contributed by atoms with E-state index in [4.69, 9.17) is 14.6 Å². The second kappa shape index (κ2) is 8.21. The van der Waals surface area contributed by atoms with Gasteiger partial charge in [-0.2, -0.15) is 0 Å². The second-order valence-electron chi connectivity index (χ2n) is 5.81. The highest BCUT2D eigenvalue weighted by atomic mass is 16.6. The van der Waals surface area contributed by atoms with E-state index in [0.717, 1.165) is 0 Å². The number of aromatic hydroxyl groups is 1. The van der Waals surface area contributed by atoms with Gasteiger partial charge in [0.05, 0.1) is 19.2 Å². The van der Waals surface area contributed by atoms with E-state index in [1.165, 1.54) is 12.3 Å². The van der Waals surface area contributed by atoms with Gasteiger partial charge in [-0.05, 0) is 20.8 Å². The van der Waals surface area contributed by atoms with Crippen LogP contribution in [0.15, 0.2) is 12.3 Å². The number of nitrogens with zero attached hydrogens (tertiary/aromatic N) is 1. The molecule has 0 radical (unpaired) electrons. The average Bonchev–Trinajstić information content (AvgIpc) is 2.41. The van der Waals surface area contributed by atoms with E-state index in [9.17, 15) is 14.7 Å². The number of pyridine rings is 1. The summed E-state index contributed by atoms with van der Waals surface area (Å²) in [7, 11) is 0. The minimum absolute atomic E-state index is 0.0581. The average molecular weight is 326 g/mol. The Morgan fingerprint density at radius 2 is 2.04 bits per heavy atom. The molecular formula is C15H22N2O6. The van der Waals surface area contributed by atoms with Crippen LogP contribution in [-0.4, -0.2) is 46.0 Å². The Hall–Kier alpha value is -2.51. The van der Waals surface area contributed by atoms with Gasteiger partial charge in [0.15, 0.2) is 11.5 Å². The number of carboxylic acid groups (broad SMARTS) is 1. The number of aliphatic carboxylic acids is 1. The standard InChI is InChI=1S/C15H22N2O6/c1-15(2,3)23-14(21)16-6-7-22-12-8-10(4-5-13(19)20)17-9-11(12)18/h8-9,18H,4-7H2,1-3H3,(H,16,21)(H,19,20). The maximum absolute atomic E-state index is 11.4. The number of alkyl carbamates (subject to hydrolysis) is 1. The van der Waals surface area contributed by atoms with E-state index in [-0.39, 0.29) is 37.5 Å². The number of hydrogen-bond donors (Lipinski definition) is 3. The molecule has 0 aliphatic rings. The molecule has 8 heteroatoms. The molecule has 1 amide bonds. The van der Waals surface area contributed by atoms with Gasteiger partial charge < -0.3 is 25.0 Å². The molecule has 8 nitrogen and oxygen atoms in total.